The zero-order chi connectivity index (χ0) is 12.7. The Morgan fingerprint density at radius 1 is 0.722 bits per heavy atom. The Kier molecular flexibility index (Phi) is 10.6. The van der Waals surface area contributed by atoms with Gasteiger partial charge in [0.25, 0.3) is 0 Å². The Labute approximate surface area is 110 Å². The Balaban J connectivity index is 2.13. The molecule has 1 heterocycles. The van der Waals surface area contributed by atoms with E-state index in [1.54, 1.807) is 0 Å². The van der Waals surface area contributed by atoms with Crippen LogP contribution in [0, 0.1) is 0 Å². The van der Waals surface area contributed by atoms with Crippen molar-refractivity contribution in [1.82, 2.24) is 0 Å². The highest BCUT2D eigenvalue weighted by Gasteiger charge is 1.94. The molecule has 0 aromatic carbocycles. The summed E-state index contributed by atoms with van der Waals surface area (Å²) >= 11 is 0. The van der Waals surface area contributed by atoms with Crippen LogP contribution in [0.15, 0.2) is 22.7 Å². The van der Waals surface area contributed by atoms with Crippen LogP contribution in [0.4, 0.5) is 0 Å². The Bertz CT molecular complexity index is 206. The fourth-order valence-corrected chi connectivity index (χ4v) is 2.00. The fraction of sp³-hybridized carbons (Fsp3) is 0.857. The Morgan fingerprint density at radius 3 is 2.06 bits per heavy atom. The number of rotatable bonds is 0. The van der Waals surface area contributed by atoms with E-state index in [-0.39, 0.29) is 0 Å². The lowest BCUT2D eigenvalue weighted by Crippen LogP contribution is -1.92. The molecule has 0 radical (unpaired) electrons. The molecule has 0 fully saturated rings. The predicted octanol–water partition coefficient (Wildman–Crippen LogP) is 4.77. The first kappa shape index (κ1) is 15.2. The van der Waals surface area contributed by atoms with Crippen molar-refractivity contribution in [3.63, 3.8) is 0 Å². The van der Waals surface area contributed by atoms with Gasteiger partial charge in [-0.25, -0.2) is 0 Å². The van der Waals surface area contributed by atoms with Gasteiger partial charge in [0, 0.05) is 0 Å². The molecule has 0 spiro atoms. The number of hydrogen-bond donors (Lipinski definition) is 0. The van der Waals surface area contributed by atoms with Crippen LogP contribution in [0.2, 0.25) is 0 Å². The second kappa shape index (κ2) is 12.6. The van der Waals surface area contributed by atoms with Gasteiger partial charge in [0.05, 0.1) is 19.4 Å². The molecule has 0 N–H and O–H groups in total. The smallest absolute Gasteiger partial charge is 0.149 e. The van der Waals surface area contributed by atoms with E-state index < -0.39 is 0 Å². The summed E-state index contributed by atoms with van der Waals surface area (Å²) in [5.41, 5.74) is 0. The summed E-state index contributed by atoms with van der Waals surface area (Å²) in [5, 5.41) is 7.91. The predicted molar refractivity (Wildman–Crippen MR) is 72.1 cm³/mol. The quantitative estimate of drug-likeness (QED) is 0.584. The van der Waals surface area contributed by atoms with Crippen molar-refractivity contribution in [3.8, 4) is 0 Å². The average Bonchev–Trinajstić information content (AvgIpc) is 2.39. The van der Waals surface area contributed by atoms with Gasteiger partial charge in [-0.3, -0.25) is 0 Å². The number of hydrogen-bond acceptors (Lipinski definition) is 4. The van der Waals surface area contributed by atoms with Crippen LogP contribution in [0.5, 0.6) is 0 Å². The Morgan fingerprint density at radius 2 is 1.33 bits per heavy atom. The maximum Gasteiger partial charge on any atom is 0.149 e. The molecule has 0 aromatic rings. The zero-order valence-electron chi connectivity index (χ0n) is 11.4. The van der Waals surface area contributed by atoms with E-state index in [4.69, 9.17) is 9.78 Å². The second-order valence-corrected chi connectivity index (χ2v) is 4.72. The minimum Gasteiger partial charge on any atom is -0.344 e. The van der Waals surface area contributed by atoms with E-state index in [0.717, 1.165) is 19.4 Å². The lowest BCUT2D eigenvalue weighted by Gasteiger charge is -2.03. The third kappa shape index (κ3) is 10.3. The van der Waals surface area contributed by atoms with Crippen LogP contribution in [0.1, 0.15) is 64.2 Å². The highest BCUT2D eigenvalue weighted by atomic mass is 17.2. The lowest BCUT2D eigenvalue weighted by molar-refractivity contribution is -0.249. The summed E-state index contributed by atoms with van der Waals surface area (Å²) in [6.45, 7) is 1.46. The molecule has 0 aliphatic carbocycles. The molecule has 1 aliphatic rings. The summed E-state index contributed by atoms with van der Waals surface area (Å²) in [7, 11) is 0. The molecule has 1 rings (SSSR count). The van der Waals surface area contributed by atoms with E-state index in [1.165, 1.54) is 63.8 Å². The van der Waals surface area contributed by atoms with Crippen LogP contribution >= 0.6 is 0 Å². The highest BCUT2D eigenvalue weighted by molar-refractivity contribution is 4.66. The molecule has 4 nitrogen and oxygen atoms in total. The van der Waals surface area contributed by atoms with Crippen LogP contribution in [-0.4, -0.2) is 13.2 Å². The van der Waals surface area contributed by atoms with Crippen molar-refractivity contribution < 1.29 is 9.78 Å². The molecule has 0 atom stereocenters. The Hall–Kier alpha value is -0.900. The van der Waals surface area contributed by atoms with Gasteiger partial charge in [-0.1, -0.05) is 51.4 Å². The number of nitrogens with zero attached hydrogens (tertiary/aromatic N) is 2. The maximum absolute atomic E-state index is 4.99. The van der Waals surface area contributed by atoms with Crippen LogP contribution < -0.4 is 0 Å². The van der Waals surface area contributed by atoms with Crippen molar-refractivity contribution in [3.05, 3.63) is 12.5 Å². The van der Waals surface area contributed by atoms with E-state index in [1.807, 2.05) is 0 Å². The van der Waals surface area contributed by atoms with Crippen molar-refractivity contribution in [2.75, 3.05) is 13.2 Å². The first-order valence-corrected chi connectivity index (χ1v) is 7.30. The first-order valence-electron chi connectivity index (χ1n) is 7.30. The van der Waals surface area contributed by atoms with E-state index in [9.17, 15) is 0 Å². The largest absolute Gasteiger partial charge is 0.344 e. The van der Waals surface area contributed by atoms with E-state index >= 15 is 0 Å². The normalized spacial score (nSPS) is 23.6. The van der Waals surface area contributed by atoms with Gasteiger partial charge in [0.1, 0.15) is 6.26 Å². The van der Waals surface area contributed by atoms with Gasteiger partial charge in [-0.05, 0) is 12.8 Å². The van der Waals surface area contributed by atoms with Crippen molar-refractivity contribution >= 4 is 0 Å². The second-order valence-electron chi connectivity index (χ2n) is 4.72. The molecule has 0 saturated heterocycles. The van der Waals surface area contributed by atoms with Crippen molar-refractivity contribution in [1.29, 1.82) is 0 Å². The topological polar surface area (TPSA) is 43.2 Å². The molecule has 4 heteroatoms. The first-order chi connectivity index (χ1) is 9.00. The van der Waals surface area contributed by atoms with Crippen LogP contribution in [-0.2, 0) is 9.78 Å². The number of azo groups is 1. The van der Waals surface area contributed by atoms with Gasteiger partial charge in [-0.2, -0.15) is 15.1 Å². The maximum atomic E-state index is 4.99. The molecule has 0 bridgehead atoms. The average molecular weight is 254 g/mol. The minimum absolute atomic E-state index is 0.654. The molecular weight excluding hydrogens is 228 g/mol. The van der Waals surface area contributed by atoms with E-state index in [0.29, 0.717) is 6.61 Å². The summed E-state index contributed by atoms with van der Waals surface area (Å²) in [6.07, 6.45) is 15.8. The third-order valence-electron chi connectivity index (χ3n) is 3.07. The molecular formula is C14H26N2O2. The minimum atomic E-state index is 0.654. The molecule has 0 saturated carbocycles. The van der Waals surface area contributed by atoms with Gasteiger partial charge < -0.3 is 4.89 Å². The van der Waals surface area contributed by atoms with Gasteiger partial charge >= 0.3 is 0 Å². The fourth-order valence-electron chi connectivity index (χ4n) is 2.00. The molecule has 104 valence electrons. The SMILES string of the molecule is C1=C\OOCCCCCCCCCCCCN=N/1. The van der Waals surface area contributed by atoms with Crippen LogP contribution in [0.3, 0.4) is 0 Å². The van der Waals surface area contributed by atoms with Gasteiger partial charge in [0.15, 0.2) is 0 Å². The molecule has 1 aliphatic heterocycles. The summed E-state index contributed by atoms with van der Waals surface area (Å²) in [4.78, 5) is 9.84. The summed E-state index contributed by atoms with van der Waals surface area (Å²) < 4.78 is 0. The van der Waals surface area contributed by atoms with Crippen molar-refractivity contribution in [2.24, 2.45) is 10.2 Å². The molecule has 0 aromatic heterocycles. The zero-order valence-corrected chi connectivity index (χ0v) is 11.4. The molecule has 0 amide bonds. The van der Waals surface area contributed by atoms with Gasteiger partial charge in [0.2, 0.25) is 0 Å². The molecule has 18 heavy (non-hydrogen) atoms. The van der Waals surface area contributed by atoms with E-state index in [2.05, 4.69) is 10.2 Å². The van der Waals surface area contributed by atoms with Crippen LogP contribution in [0.25, 0.3) is 0 Å². The standard InChI is InChI=1S/C14H26N2O2/c1-2-4-6-8-10-13-17-18-14-12-16-15-11-9-7-5-3-1/h12,14H,1-11,13H2/b14-12-,16-15?. The van der Waals surface area contributed by atoms with Crippen molar-refractivity contribution in [2.45, 2.75) is 64.2 Å². The molecule has 0 unspecified atom stereocenters. The third-order valence-corrected chi connectivity index (χ3v) is 3.07. The monoisotopic (exact) mass is 254 g/mol. The summed E-state index contributed by atoms with van der Waals surface area (Å²) in [5.74, 6) is 0. The summed E-state index contributed by atoms with van der Waals surface area (Å²) in [6, 6.07) is 0. The lowest BCUT2D eigenvalue weighted by atomic mass is 10.1. The highest BCUT2D eigenvalue weighted by Crippen LogP contribution is 2.10. The van der Waals surface area contributed by atoms with Gasteiger partial charge in [-0.15, -0.1) is 0 Å².